The Morgan fingerprint density at radius 1 is 1.13 bits per heavy atom. The highest BCUT2D eigenvalue weighted by molar-refractivity contribution is 5.87. The minimum atomic E-state index is -0.442. The first-order chi connectivity index (χ1) is 10.7. The number of aryl methyl sites for hydroxylation is 1. The third-order valence-corrected chi connectivity index (χ3v) is 3.66. The van der Waals surface area contributed by atoms with Crippen LogP contribution in [0.5, 0.6) is 0 Å². The molecular weight excluding hydrogens is 288 g/mol. The standard InChI is InChI=1S/C19H30N2O2/c1-7-16(18(23)20-19(4,5)6)21(17(22)8-2)13-15-11-9-14(3)10-12-15/h9-12,16H,7-8,13H2,1-6H3,(H,20,23)/t16-/m0/s1. The second-order valence-corrected chi connectivity index (χ2v) is 7.02. The van der Waals surface area contributed by atoms with E-state index < -0.39 is 6.04 Å². The van der Waals surface area contributed by atoms with Crippen LogP contribution < -0.4 is 5.32 Å². The Bertz CT molecular complexity index is 529. The van der Waals surface area contributed by atoms with Gasteiger partial charge in [-0.2, -0.15) is 0 Å². The largest absolute Gasteiger partial charge is 0.350 e. The number of amides is 2. The molecule has 0 aliphatic heterocycles. The van der Waals surface area contributed by atoms with E-state index in [0.717, 1.165) is 5.56 Å². The highest BCUT2D eigenvalue weighted by Gasteiger charge is 2.29. The lowest BCUT2D eigenvalue weighted by Crippen LogP contribution is -2.53. The molecule has 0 saturated carbocycles. The van der Waals surface area contributed by atoms with Gasteiger partial charge in [0, 0.05) is 18.5 Å². The van der Waals surface area contributed by atoms with Gasteiger partial charge >= 0.3 is 0 Å². The zero-order valence-electron chi connectivity index (χ0n) is 15.3. The smallest absolute Gasteiger partial charge is 0.243 e. The molecule has 1 rings (SSSR count). The number of carbonyl (C=O) groups is 2. The average Bonchev–Trinajstić information content (AvgIpc) is 2.46. The van der Waals surface area contributed by atoms with Crippen LogP contribution in [0.15, 0.2) is 24.3 Å². The lowest BCUT2D eigenvalue weighted by molar-refractivity contribution is -0.141. The summed E-state index contributed by atoms with van der Waals surface area (Å²) in [5.74, 6) is -0.0876. The van der Waals surface area contributed by atoms with Crippen molar-refractivity contribution in [1.82, 2.24) is 10.2 Å². The summed E-state index contributed by atoms with van der Waals surface area (Å²) < 4.78 is 0. The first kappa shape index (κ1) is 19.2. The van der Waals surface area contributed by atoms with Crippen LogP contribution in [0.3, 0.4) is 0 Å². The molecule has 1 atom stereocenters. The van der Waals surface area contributed by atoms with Crippen LogP contribution in [0.25, 0.3) is 0 Å². The summed E-state index contributed by atoms with van der Waals surface area (Å²) in [6.07, 6.45) is 0.991. The molecule has 1 aromatic carbocycles. The maximum atomic E-state index is 12.6. The third kappa shape index (κ3) is 6.05. The number of benzene rings is 1. The van der Waals surface area contributed by atoms with Gasteiger partial charge in [-0.15, -0.1) is 0 Å². The van der Waals surface area contributed by atoms with Crippen molar-refractivity contribution < 1.29 is 9.59 Å². The first-order valence-corrected chi connectivity index (χ1v) is 8.35. The molecule has 1 N–H and O–H groups in total. The molecule has 0 aliphatic carbocycles. The van der Waals surface area contributed by atoms with Gasteiger partial charge in [-0.1, -0.05) is 43.7 Å². The quantitative estimate of drug-likeness (QED) is 0.873. The Kier molecular flexibility index (Phi) is 6.79. The summed E-state index contributed by atoms with van der Waals surface area (Å²) in [6, 6.07) is 7.64. The molecule has 23 heavy (non-hydrogen) atoms. The lowest BCUT2D eigenvalue weighted by Gasteiger charge is -2.33. The predicted octanol–water partition coefficient (Wildman–Crippen LogP) is 3.43. The molecule has 0 aromatic heterocycles. The monoisotopic (exact) mass is 318 g/mol. The van der Waals surface area contributed by atoms with E-state index in [4.69, 9.17) is 0 Å². The molecule has 0 saturated heterocycles. The first-order valence-electron chi connectivity index (χ1n) is 8.35. The van der Waals surface area contributed by atoms with Gasteiger partial charge < -0.3 is 10.2 Å². The van der Waals surface area contributed by atoms with E-state index in [2.05, 4.69) is 5.32 Å². The lowest BCUT2D eigenvalue weighted by atomic mass is 10.0. The maximum Gasteiger partial charge on any atom is 0.243 e. The van der Waals surface area contributed by atoms with Crippen LogP contribution in [0.2, 0.25) is 0 Å². The molecule has 0 bridgehead atoms. The molecule has 0 fully saturated rings. The minimum absolute atomic E-state index is 0.00137. The summed E-state index contributed by atoms with van der Waals surface area (Å²) in [4.78, 5) is 26.7. The molecule has 0 unspecified atom stereocenters. The Morgan fingerprint density at radius 3 is 2.13 bits per heavy atom. The normalized spacial score (nSPS) is 12.6. The van der Waals surface area contributed by atoms with Gasteiger partial charge in [-0.25, -0.2) is 0 Å². The number of hydrogen-bond acceptors (Lipinski definition) is 2. The Labute approximate surface area is 140 Å². The summed E-state index contributed by atoms with van der Waals surface area (Å²) in [5.41, 5.74) is 1.91. The van der Waals surface area contributed by atoms with Gasteiger partial charge in [-0.05, 0) is 39.7 Å². The molecule has 1 aromatic rings. The van der Waals surface area contributed by atoms with Crippen molar-refractivity contribution in [3.8, 4) is 0 Å². The highest BCUT2D eigenvalue weighted by Crippen LogP contribution is 2.15. The fraction of sp³-hybridized carbons (Fsp3) is 0.579. The number of carbonyl (C=O) groups excluding carboxylic acids is 2. The molecular formula is C19H30N2O2. The van der Waals surface area contributed by atoms with Crippen LogP contribution in [0.1, 0.15) is 58.6 Å². The van der Waals surface area contributed by atoms with Crippen LogP contribution in [0.4, 0.5) is 0 Å². The molecule has 128 valence electrons. The Morgan fingerprint density at radius 2 is 1.70 bits per heavy atom. The van der Waals surface area contributed by atoms with Crippen molar-refractivity contribution in [1.29, 1.82) is 0 Å². The second kappa shape index (κ2) is 8.14. The number of nitrogens with one attached hydrogen (secondary N) is 1. The van der Waals surface area contributed by atoms with E-state index in [0.29, 0.717) is 19.4 Å². The third-order valence-electron chi connectivity index (χ3n) is 3.66. The van der Waals surface area contributed by atoms with E-state index in [-0.39, 0.29) is 17.4 Å². The van der Waals surface area contributed by atoms with Gasteiger partial charge in [0.05, 0.1) is 0 Å². The fourth-order valence-corrected chi connectivity index (χ4v) is 2.47. The summed E-state index contributed by atoms with van der Waals surface area (Å²) in [7, 11) is 0. The van der Waals surface area contributed by atoms with Crippen molar-refractivity contribution in [3.05, 3.63) is 35.4 Å². The van der Waals surface area contributed by atoms with Crippen molar-refractivity contribution in [3.63, 3.8) is 0 Å². The van der Waals surface area contributed by atoms with Gasteiger partial charge in [0.1, 0.15) is 6.04 Å². The Hall–Kier alpha value is -1.84. The average molecular weight is 318 g/mol. The van der Waals surface area contributed by atoms with E-state index in [1.807, 2.05) is 65.8 Å². The summed E-state index contributed by atoms with van der Waals surface area (Å²) in [6.45, 7) is 12.1. The molecule has 0 aliphatic rings. The summed E-state index contributed by atoms with van der Waals surface area (Å²) >= 11 is 0. The van der Waals surface area contributed by atoms with E-state index in [9.17, 15) is 9.59 Å². The summed E-state index contributed by atoms with van der Waals surface area (Å²) in [5, 5.41) is 2.99. The molecule has 4 heteroatoms. The van der Waals surface area contributed by atoms with Crippen LogP contribution in [-0.4, -0.2) is 28.3 Å². The minimum Gasteiger partial charge on any atom is -0.350 e. The predicted molar refractivity (Wildman–Crippen MR) is 94.0 cm³/mol. The van der Waals surface area contributed by atoms with Crippen molar-refractivity contribution >= 4 is 11.8 Å². The molecule has 4 nitrogen and oxygen atoms in total. The van der Waals surface area contributed by atoms with Gasteiger partial charge in [0.2, 0.25) is 11.8 Å². The van der Waals surface area contributed by atoms with E-state index in [1.54, 1.807) is 4.90 Å². The molecule has 2 amide bonds. The molecule has 0 spiro atoms. The zero-order chi connectivity index (χ0) is 17.6. The van der Waals surface area contributed by atoms with Crippen molar-refractivity contribution in [2.45, 2.75) is 72.5 Å². The van der Waals surface area contributed by atoms with E-state index in [1.165, 1.54) is 5.56 Å². The molecule has 0 radical (unpaired) electrons. The highest BCUT2D eigenvalue weighted by atomic mass is 16.2. The molecule has 0 heterocycles. The van der Waals surface area contributed by atoms with E-state index >= 15 is 0 Å². The van der Waals surface area contributed by atoms with Crippen LogP contribution in [0, 0.1) is 6.92 Å². The van der Waals surface area contributed by atoms with Crippen LogP contribution in [-0.2, 0) is 16.1 Å². The fourth-order valence-electron chi connectivity index (χ4n) is 2.47. The van der Waals surface area contributed by atoms with Gasteiger partial charge in [0.15, 0.2) is 0 Å². The van der Waals surface area contributed by atoms with Crippen molar-refractivity contribution in [2.75, 3.05) is 0 Å². The van der Waals surface area contributed by atoms with Crippen LogP contribution >= 0.6 is 0 Å². The second-order valence-electron chi connectivity index (χ2n) is 7.02. The topological polar surface area (TPSA) is 49.4 Å². The van der Waals surface area contributed by atoms with Gasteiger partial charge in [0.25, 0.3) is 0 Å². The maximum absolute atomic E-state index is 12.6. The Balaban J connectivity index is 3.00. The SMILES string of the molecule is CCC(=O)N(Cc1ccc(C)cc1)[C@@H](CC)C(=O)NC(C)(C)C. The number of hydrogen-bond donors (Lipinski definition) is 1. The van der Waals surface area contributed by atoms with Crippen molar-refractivity contribution in [2.24, 2.45) is 0 Å². The number of rotatable bonds is 6. The number of nitrogens with zero attached hydrogens (tertiary/aromatic N) is 1. The zero-order valence-corrected chi connectivity index (χ0v) is 15.3. The van der Waals surface area contributed by atoms with Gasteiger partial charge in [-0.3, -0.25) is 9.59 Å².